The number of carbonyl (C=O) groups is 1. The molecule has 9 heteroatoms. The average molecular weight is 731 g/mol. The summed E-state index contributed by atoms with van der Waals surface area (Å²) in [6, 6.07) is -0.877. The number of aliphatic hydroxyl groups is 1. The van der Waals surface area contributed by atoms with E-state index in [-0.39, 0.29) is 19.1 Å². The molecule has 3 atom stereocenters. The van der Waals surface area contributed by atoms with E-state index in [1.807, 2.05) is 27.2 Å². The lowest BCUT2D eigenvalue weighted by atomic mass is 10.0. The van der Waals surface area contributed by atoms with Gasteiger partial charge in [0.25, 0.3) is 7.82 Å². The van der Waals surface area contributed by atoms with Crippen LogP contribution in [0, 0.1) is 0 Å². The van der Waals surface area contributed by atoms with Gasteiger partial charge in [0.1, 0.15) is 13.2 Å². The quantitative estimate of drug-likeness (QED) is 0.0283. The zero-order valence-corrected chi connectivity index (χ0v) is 34.5. The average Bonchev–Trinajstić information content (AvgIpc) is 3.06. The lowest BCUT2D eigenvalue weighted by Crippen LogP contribution is -2.45. The number of amides is 1. The number of phosphoric ester groups is 1. The highest BCUT2D eigenvalue weighted by Crippen LogP contribution is 2.38. The zero-order valence-electron chi connectivity index (χ0n) is 33.6. The van der Waals surface area contributed by atoms with Gasteiger partial charge >= 0.3 is 0 Å². The maximum atomic E-state index is 12.7. The molecule has 0 radical (unpaired) electrons. The smallest absolute Gasteiger partial charge is 0.268 e. The summed E-state index contributed by atoms with van der Waals surface area (Å²) < 4.78 is 23.1. The van der Waals surface area contributed by atoms with E-state index in [0.717, 1.165) is 38.5 Å². The minimum atomic E-state index is -4.57. The number of nitrogens with one attached hydrogen (secondary N) is 1. The van der Waals surface area contributed by atoms with E-state index in [0.29, 0.717) is 17.4 Å². The van der Waals surface area contributed by atoms with Crippen molar-refractivity contribution in [2.75, 3.05) is 40.9 Å². The van der Waals surface area contributed by atoms with Crippen LogP contribution >= 0.6 is 7.82 Å². The molecule has 0 aromatic rings. The van der Waals surface area contributed by atoms with Crippen molar-refractivity contribution in [2.24, 2.45) is 0 Å². The SMILES string of the molecule is CCCCCCCCCCCCCCCCCCCCC/C=C/C(O)C(COP(=O)([O-])OCC[N+](C)(C)C)NC(=O)CCCCCCCCC. The van der Waals surface area contributed by atoms with E-state index in [1.54, 1.807) is 6.08 Å². The maximum Gasteiger partial charge on any atom is 0.268 e. The summed E-state index contributed by atoms with van der Waals surface area (Å²) >= 11 is 0. The maximum absolute atomic E-state index is 12.7. The fourth-order valence-corrected chi connectivity index (χ4v) is 6.82. The van der Waals surface area contributed by atoms with Gasteiger partial charge in [0.15, 0.2) is 0 Å². The minimum Gasteiger partial charge on any atom is -0.756 e. The topological polar surface area (TPSA) is 108 Å². The molecule has 0 heterocycles. The van der Waals surface area contributed by atoms with Gasteiger partial charge < -0.3 is 28.8 Å². The molecule has 298 valence electrons. The van der Waals surface area contributed by atoms with Crippen molar-refractivity contribution in [3.63, 3.8) is 0 Å². The molecule has 0 aromatic heterocycles. The summed E-state index contributed by atoms with van der Waals surface area (Å²) in [6.07, 6.45) is 37.1. The molecule has 0 saturated carbocycles. The molecular weight excluding hydrogens is 647 g/mol. The van der Waals surface area contributed by atoms with Crippen molar-refractivity contribution >= 4 is 13.7 Å². The Hall–Kier alpha value is -0.760. The molecule has 0 rings (SSSR count). The molecule has 0 aliphatic carbocycles. The van der Waals surface area contributed by atoms with Crippen molar-refractivity contribution < 1.29 is 32.9 Å². The Morgan fingerprint density at radius 2 is 1.08 bits per heavy atom. The number of hydrogen-bond acceptors (Lipinski definition) is 6. The molecule has 0 aliphatic heterocycles. The summed E-state index contributed by atoms with van der Waals surface area (Å²) in [5, 5.41) is 13.7. The number of likely N-dealkylation sites (N-methyl/N-ethyl adjacent to an activating group) is 1. The van der Waals surface area contributed by atoms with E-state index in [1.165, 1.54) is 135 Å². The van der Waals surface area contributed by atoms with Gasteiger partial charge in [0.05, 0.1) is 39.9 Å². The molecule has 0 bridgehead atoms. The number of hydrogen-bond donors (Lipinski definition) is 2. The first-order valence-electron chi connectivity index (χ1n) is 21.1. The van der Waals surface area contributed by atoms with Gasteiger partial charge in [-0.15, -0.1) is 0 Å². The van der Waals surface area contributed by atoms with Crippen LogP contribution in [0.5, 0.6) is 0 Å². The van der Waals surface area contributed by atoms with Crippen LogP contribution in [0.25, 0.3) is 0 Å². The van der Waals surface area contributed by atoms with Crippen molar-refractivity contribution in [2.45, 2.75) is 206 Å². The number of allylic oxidation sites excluding steroid dienone is 1. The molecule has 2 N–H and O–H groups in total. The van der Waals surface area contributed by atoms with Gasteiger partial charge in [-0.3, -0.25) is 9.36 Å². The second kappa shape index (κ2) is 34.0. The number of quaternary nitrogens is 1. The number of unbranched alkanes of at least 4 members (excludes halogenated alkanes) is 25. The number of nitrogens with zero attached hydrogens (tertiary/aromatic N) is 1. The molecule has 0 spiro atoms. The highest BCUT2D eigenvalue weighted by atomic mass is 31.2. The molecule has 0 saturated heterocycles. The van der Waals surface area contributed by atoms with Crippen LogP contribution in [-0.4, -0.2) is 68.5 Å². The first-order chi connectivity index (χ1) is 24.0. The lowest BCUT2D eigenvalue weighted by Gasteiger charge is -2.29. The summed E-state index contributed by atoms with van der Waals surface area (Å²) in [4.78, 5) is 25.1. The Morgan fingerprint density at radius 3 is 1.50 bits per heavy atom. The van der Waals surface area contributed by atoms with Crippen molar-refractivity contribution in [3.8, 4) is 0 Å². The lowest BCUT2D eigenvalue weighted by molar-refractivity contribution is -0.870. The van der Waals surface area contributed by atoms with Crippen LogP contribution in [0.15, 0.2) is 12.2 Å². The van der Waals surface area contributed by atoms with E-state index in [9.17, 15) is 19.4 Å². The Bertz CT molecular complexity index is 834. The minimum absolute atomic E-state index is 0.00144. The molecule has 8 nitrogen and oxygen atoms in total. The van der Waals surface area contributed by atoms with Gasteiger partial charge in [0.2, 0.25) is 5.91 Å². The number of rotatable bonds is 38. The van der Waals surface area contributed by atoms with Gasteiger partial charge in [0, 0.05) is 6.42 Å². The van der Waals surface area contributed by atoms with Crippen LogP contribution in [0.3, 0.4) is 0 Å². The predicted molar refractivity (Wildman–Crippen MR) is 210 cm³/mol. The third-order valence-corrected chi connectivity index (χ3v) is 10.5. The Labute approximate surface area is 310 Å². The second-order valence-corrected chi connectivity index (χ2v) is 17.1. The van der Waals surface area contributed by atoms with E-state index < -0.39 is 20.0 Å². The van der Waals surface area contributed by atoms with Crippen LogP contribution < -0.4 is 10.2 Å². The summed E-state index contributed by atoms with van der Waals surface area (Å²) in [5.74, 6) is -0.204. The number of phosphoric acid groups is 1. The molecule has 0 fully saturated rings. The predicted octanol–water partition coefficient (Wildman–Crippen LogP) is 10.6. The van der Waals surface area contributed by atoms with Crippen LogP contribution in [0.2, 0.25) is 0 Å². The van der Waals surface area contributed by atoms with Gasteiger partial charge in [-0.1, -0.05) is 180 Å². The number of carbonyl (C=O) groups excluding carboxylic acids is 1. The van der Waals surface area contributed by atoms with Gasteiger partial charge in [-0.25, -0.2) is 0 Å². The first-order valence-corrected chi connectivity index (χ1v) is 22.5. The standard InChI is InChI=1S/C41H83N2O6P/c1-6-8-10-12-14-15-16-17-18-19-20-21-22-23-24-25-26-27-29-30-32-34-40(44)39(38-49-50(46,47)48-37-36-43(3,4)5)42-41(45)35-33-31-28-13-11-9-7-2/h32,34,39-40,44H,6-31,33,35-38H2,1-5H3,(H-,42,45,46,47)/b34-32+. The normalized spacial score (nSPS) is 14.6. The molecule has 1 amide bonds. The van der Waals surface area contributed by atoms with E-state index in [4.69, 9.17) is 9.05 Å². The van der Waals surface area contributed by atoms with Crippen LogP contribution in [0.1, 0.15) is 194 Å². The van der Waals surface area contributed by atoms with Crippen molar-refractivity contribution in [1.82, 2.24) is 5.32 Å². The summed E-state index contributed by atoms with van der Waals surface area (Å²) in [7, 11) is 1.27. The monoisotopic (exact) mass is 731 g/mol. The number of aliphatic hydroxyl groups excluding tert-OH is 1. The third-order valence-electron chi connectivity index (χ3n) is 9.50. The van der Waals surface area contributed by atoms with Gasteiger partial charge in [-0.2, -0.15) is 0 Å². The Kier molecular flexibility index (Phi) is 33.5. The third kappa shape index (κ3) is 35.6. The molecular formula is C41H83N2O6P. The molecule has 0 aromatic carbocycles. The van der Waals surface area contributed by atoms with E-state index in [2.05, 4.69) is 19.2 Å². The molecule has 50 heavy (non-hydrogen) atoms. The largest absolute Gasteiger partial charge is 0.756 e. The van der Waals surface area contributed by atoms with Gasteiger partial charge in [-0.05, 0) is 19.3 Å². The molecule has 3 unspecified atom stereocenters. The zero-order chi connectivity index (χ0) is 37.2. The first kappa shape index (κ1) is 49.2. The highest BCUT2D eigenvalue weighted by molar-refractivity contribution is 7.45. The molecule has 0 aliphatic rings. The fraction of sp³-hybridized carbons (Fsp3) is 0.927. The fourth-order valence-electron chi connectivity index (χ4n) is 6.09. The second-order valence-electron chi connectivity index (χ2n) is 15.7. The Morgan fingerprint density at radius 1 is 0.680 bits per heavy atom. The van der Waals surface area contributed by atoms with E-state index >= 15 is 0 Å². The van der Waals surface area contributed by atoms with Crippen LogP contribution in [-0.2, 0) is 18.4 Å². The summed E-state index contributed by atoms with van der Waals surface area (Å²) in [6.45, 7) is 4.60. The van der Waals surface area contributed by atoms with Crippen molar-refractivity contribution in [1.29, 1.82) is 0 Å². The van der Waals surface area contributed by atoms with Crippen molar-refractivity contribution in [3.05, 3.63) is 12.2 Å². The summed E-state index contributed by atoms with van der Waals surface area (Å²) in [5.41, 5.74) is 0. The Balaban J connectivity index is 4.26. The highest BCUT2D eigenvalue weighted by Gasteiger charge is 2.23. The van der Waals surface area contributed by atoms with Crippen LogP contribution in [0.4, 0.5) is 0 Å².